The molecule has 0 saturated carbocycles. The lowest BCUT2D eigenvalue weighted by atomic mass is 10.1. The third-order valence-electron chi connectivity index (χ3n) is 5.17. The molecule has 0 aliphatic carbocycles. The zero-order chi connectivity index (χ0) is 23.8. The lowest BCUT2D eigenvalue weighted by Gasteiger charge is -2.19. The van der Waals surface area contributed by atoms with Crippen molar-refractivity contribution >= 4 is 17.9 Å². The third-order valence-corrected chi connectivity index (χ3v) is 6.17. The molecule has 6 heteroatoms. The van der Waals surface area contributed by atoms with Gasteiger partial charge in [0.15, 0.2) is 0 Å². The van der Waals surface area contributed by atoms with Crippen LogP contribution in [-0.2, 0) is 13.0 Å². The van der Waals surface area contributed by atoms with E-state index in [1.807, 2.05) is 78.9 Å². The summed E-state index contributed by atoms with van der Waals surface area (Å²) in [5.74, 6) is 0.961. The normalized spacial score (nSPS) is 10.6. The molecule has 0 saturated heterocycles. The van der Waals surface area contributed by atoms with E-state index in [2.05, 4.69) is 0 Å². The number of rotatable bonds is 9. The summed E-state index contributed by atoms with van der Waals surface area (Å²) < 4.78 is 18.9. The van der Waals surface area contributed by atoms with Gasteiger partial charge in [-0.3, -0.25) is 0 Å². The maximum atomic E-state index is 13.1. The summed E-state index contributed by atoms with van der Waals surface area (Å²) in [5.41, 5.74) is 2.05. The van der Waals surface area contributed by atoms with E-state index in [-0.39, 0.29) is 5.82 Å². The van der Waals surface area contributed by atoms with E-state index < -0.39 is 6.09 Å². The van der Waals surface area contributed by atoms with Gasteiger partial charge in [-0.15, -0.1) is 0 Å². The standard InChI is InChI=1S/C28H24FNO3S/c29-23-11-13-24(14-12-23)33-25-7-4-8-27(19-25)34-26-15-9-21(10-16-26)17-18-30(28(31)32)20-22-5-2-1-3-6-22/h1-16,19H,17-18,20H2,(H,31,32). The molecule has 0 heterocycles. The minimum Gasteiger partial charge on any atom is -0.465 e. The fraction of sp³-hybridized carbons (Fsp3) is 0.107. The molecule has 0 aliphatic heterocycles. The summed E-state index contributed by atoms with van der Waals surface area (Å²) in [6, 6.07) is 31.4. The molecule has 4 aromatic carbocycles. The van der Waals surface area contributed by atoms with Crippen LogP contribution in [-0.4, -0.2) is 22.6 Å². The van der Waals surface area contributed by atoms with Gasteiger partial charge in [0.05, 0.1) is 0 Å². The van der Waals surface area contributed by atoms with E-state index >= 15 is 0 Å². The van der Waals surface area contributed by atoms with Crippen LogP contribution in [0.2, 0.25) is 0 Å². The van der Waals surface area contributed by atoms with Crippen LogP contribution in [0.4, 0.5) is 9.18 Å². The topological polar surface area (TPSA) is 49.8 Å². The van der Waals surface area contributed by atoms with Gasteiger partial charge in [0.1, 0.15) is 17.3 Å². The van der Waals surface area contributed by atoms with Crippen molar-refractivity contribution in [1.29, 1.82) is 0 Å². The van der Waals surface area contributed by atoms with Gasteiger partial charge < -0.3 is 14.7 Å². The van der Waals surface area contributed by atoms with E-state index in [4.69, 9.17) is 4.74 Å². The molecule has 0 aliphatic rings. The molecule has 172 valence electrons. The smallest absolute Gasteiger partial charge is 0.407 e. The van der Waals surface area contributed by atoms with Gasteiger partial charge in [-0.05, 0) is 72.1 Å². The van der Waals surface area contributed by atoms with Gasteiger partial charge >= 0.3 is 6.09 Å². The summed E-state index contributed by atoms with van der Waals surface area (Å²) in [4.78, 5) is 15.2. The second kappa shape index (κ2) is 11.4. The quantitative estimate of drug-likeness (QED) is 0.274. The monoisotopic (exact) mass is 473 g/mol. The van der Waals surface area contributed by atoms with Crippen LogP contribution in [0, 0.1) is 5.82 Å². The van der Waals surface area contributed by atoms with Crippen LogP contribution in [0.25, 0.3) is 0 Å². The second-order valence-corrected chi connectivity index (χ2v) is 8.86. The predicted molar refractivity (Wildman–Crippen MR) is 132 cm³/mol. The minimum absolute atomic E-state index is 0.299. The van der Waals surface area contributed by atoms with Crippen molar-refractivity contribution in [2.75, 3.05) is 6.54 Å². The molecule has 4 rings (SSSR count). The molecule has 0 atom stereocenters. The van der Waals surface area contributed by atoms with Crippen LogP contribution >= 0.6 is 11.8 Å². The Balaban J connectivity index is 1.33. The summed E-state index contributed by atoms with van der Waals surface area (Å²) in [5, 5.41) is 9.54. The molecule has 0 unspecified atom stereocenters. The first-order valence-electron chi connectivity index (χ1n) is 10.9. The first-order chi connectivity index (χ1) is 16.5. The van der Waals surface area contributed by atoms with Crippen molar-refractivity contribution in [2.45, 2.75) is 22.8 Å². The number of carbonyl (C=O) groups is 1. The molecule has 0 bridgehead atoms. The highest BCUT2D eigenvalue weighted by atomic mass is 32.2. The van der Waals surface area contributed by atoms with Crippen molar-refractivity contribution in [1.82, 2.24) is 4.90 Å². The van der Waals surface area contributed by atoms with Crippen molar-refractivity contribution in [3.63, 3.8) is 0 Å². The lowest BCUT2D eigenvalue weighted by molar-refractivity contribution is 0.143. The number of benzene rings is 4. The predicted octanol–water partition coefficient (Wildman–Crippen LogP) is 7.49. The summed E-state index contributed by atoms with van der Waals surface area (Å²) >= 11 is 1.61. The molecule has 1 N–H and O–H groups in total. The van der Waals surface area contributed by atoms with Crippen LogP contribution in [0.3, 0.4) is 0 Å². The number of ether oxygens (including phenoxy) is 1. The van der Waals surface area contributed by atoms with Gasteiger partial charge in [-0.2, -0.15) is 0 Å². The Hall–Kier alpha value is -3.77. The maximum absolute atomic E-state index is 13.1. The highest BCUT2D eigenvalue weighted by Gasteiger charge is 2.12. The Bertz CT molecular complexity index is 1210. The molecule has 0 spiro atoms. The van der Waals surface area contributed by atoms with Crippen molar-refractivity contribution in [3.8, 4) is 11.5 Å². The van der Waals surface area contributed by atoms with E-state index in [1.54, 1.807) is 23.9 Å². The SMILES string of the molecule is O=C(O)N(CCc1ccc(Sc2cccc(Oc3ccc(F)cc3)c2)cc1)Cc1ccccc1. The van der Waals surface area contributed by atoms with Gasteiger partial charge in [-0.25, -0.2) is 9.18 Å². The first-order valence-corrected chi connectivity index (χ1v) is 11.7. The van der Waals surface area contributed by atoms with Gasteiger partial charge in [0.25, 0.3) is 0 Å². The average molecular weight is 474 g/mol. The van der Waals surface area contributed by atoms with Gasteiger partial charge in [-0.1, -0.05) is 60.3 Å². The summed E-state index contributed by atoms with van der Waals surface area (Å²) in [6.07, 6.45) is -0.274. The minimum atomic E-state index is -0.918. The van der Waals surface area contributed by atoms with Crippen molar-refractivity contribution < 1.29 is 19.0 Å². The Morgan fingerprint density at radius 2 is 1.53 bits per heavy atom. The molecule has 1 amide bonds. The number of nitrogens with zero attached hydrogens (tertiary/aromatic N) is 1. The van der Waals surface area contributed by atoms with Crippen molar-refractivity contribution in [2.24, 2.45) is 0 Å². The van der Waals surface area contributed by atoms with Crippen molar-refractivity contribution in [3.05, 3.63) is 120 Å². The summed E-state index contributed by atoms with van der Waals surface area (Å²) in [6.45, 7) is 0.805. The third kappa shape index (κ3) is 6.86. The second-order valence-electron chi connectivity index (χ2n) is 7.72. The average Bonchev–Trinajstić information content (AvgIpc) is 2.85. The Morgan fingerprint density at radius 3 is 2.24 bits per heavy atom. The molecule has 0 fully saturated rings. The summed E-state index contributed by atoms with van der Waals surface area (Å²) in [7, 11) is 0. The Kier molecular flexibility index (Phi) is 7.83. The fourth-order valence-corrected chi connectivity index (χ4v) is 4.28. The molecule has 34 heavy (non-hydrogen) atoms. The molecule has 4 aromatic rings. The number of amides is 1. The fourth-order valence-electron chi connectivity index (χ4n) is 3.41. The molecule has 4 nitrogen and oxygen atoms in total. The van der Waals surface area contributed by atoms with E-state index in [0.717, 1.165) is 20.9 Å². The van der Waals surface area contributed by atoms with Crippen LogP contribution in [0.1, 0.15) is 11.1 Å². The van der Waals surface area contributed by atoms with Crippen LogP contribution in [0.15, 0.2) is 113 Å². The van der Waals surface area contributed by atoms with E-state index in [1.165, 1.54) is 17.0 Å². The van der Waals surface area contributed by atoms with E-state index in [9.17, 15) is 14.3 Å². The first kappa shape index (κ1) is 23.4. The number of hydrogen-bond donors (Lipinski definition) is 1. The van der Waals surface area contributed by atoms with Gasteiger partial charge in [0, 0.05) is 22.9 Å². The number of carboxylic acid groups (broad SMARTS) is 1. The lowest BCUT2D eigenvalue weighted by Crippen LogP contribution is -2.30. The molecule has 0 aromatic heterocycles. The molecular formula is C28H24FNO3S. The zero-order valence-corrected chi connectivity index (χ0v) is 19.2. The zero-order valence-electron chi connectivity index (χ0n) is 18.4. The Labute approximate surface area is 202 Å². The Morgan fingerprint density at radius 1 is 0.794 bits per heavy atom. The van der Waals surface area contributed by atoms with Crippen LogP contribution in [0.5, 0.6) is 11.5 Å². The molecular weight excluding hydrogens is 449 g/mol. The van der Waals surface area contributed by atoms with Gasteiger partial charge in [0.2, 0.25) is 0 Å². The number of hydrogen-bond acceptors (Lipinski definition) is 3. The maximum Gasteiger partial charge on any atom is 0.407 e. The number of halogens is 1. The van der Waals surface area contributed by atoms with E-state index in [0.29, 0.717) is 31.0 Å². The highest BCUT2D eigenvalue weighted by molar-refractivity contribution is 7.99. The largest absolute Gasteiger partial charge is 0.465 e. The highest BCUT2D eigenvalue weighted by Crippen LogP contribution is 2.32. The molecule has 0 radical (unpaired) electrons. The van der Waals surface area contributed by atoms with Crippen LogP contribution < -0.4 is 4.74 Å².